The van der Waals surface area contributed by atoms with Gasteiger partial charge >= 0.3 is 0 Å². The lowest BCUT2D eigenvalue weighted by molar-refractivity contribution is -0.136. The molecule has 5 unspecified atom stereocenters. The summed E-state index contributed by atoms with van der Waals surface area (Å²) >= 11 is 0. The smallest absolute Gasteiger partial charge is 0.246 e. The number of aliphatic hydroxyl groups is 2. The predicted molar refractivity (Wildman–Crippen MR) is 153 cm³/mol. The second-order valence-corrected chi connectivity index (χ2v) is 11.8. The number of amides is 3. The van der Waals surface area contributed by atoms with Crippen LogP contribution in [0.2, 0.25) is 0 Å². The van der Waals surface area contributed by atoms with Crippen molar-refractivity contribution in [1.82, 2.24) is 16.0 Å². The number of methoxy groups -OCH3 is 1. The van der Waals surface area contributed by atoms with Crippen LogP contribution in [-0.2, 0) is 23.9 Å². The second kappa shape index (κ2) is 13.8. The van der Waals surface area contributed by atoms with Crippen molar-refractivity contribution in [2.75, 3.05) is 13.7 Å². The molecule has 230 valence electrons. The zero-order valence-electron chi connectivity index (χ0n) is 24.6. The molecule has 5 atom stereocenters. The Hall–Kier alpha value is -3.28. The van der Waals surface area contributed by atoms with Gasteiger partial charge in [-0.2, -0.15) is 0 Å². The van der Waals surface area contributed by atoms with Crippen molar-refractivity contribution in [3.8, 4) is 5.75 Å². The zero-order chi connectivity index (χ0) is 30.4. The molecule has 0 aromatic heterocycles. The summed E-state index contributed by atoms with van der Waals surface area (Å²) in [6, 6.07) is 3.08. The van der Waals surface area contributed by atoms with Crippen LogP contribution in [0, 0.1) is 5.92 Å². The largest absolute Gasteiger partial charge is 0.497 e. The molecule has 2 aliphatic carbocycles. The third-order valence-electron chi connectivity index (χ3n) is 8.51. The van der Waals surface area contributed by atoms with Gasteiger partial charge in [0.05, 0.1) is 25.9 Å². The monoisotopic (exact) mass is 585 g/mol. The first-order valence-corrected chi connectivity index (χ1v) is 14.8. The highest BCUT2D eigenvalue weighted by molar-refractivity contribution is 5.98. The van der Waals surface area contributed by atoms with E-state index >= 15 is 0 Å². The summed E-state index contributed by atoms with van der Waals surface area (Å²) in [6.45, 7) is 3.45. The average Bonchev–Trinajstić information content (AvgIpc) is 3.53. The van der Waals surface area contributed by atoms with Crippen LogP contribution in [0.25, 0.3) is 0 Å². The van der Waals surface area contributed by atoms with E-state index in [9.17, 15) is 29.4 Å². The molecule has 4 rings (SSSR count). The molecule has 1 saturated carbocycles. The minimum Gasteiger partial charge on any atom is -0.497 e. The molecule has 0 spiro atoms. The first-order valence-electron chi connectivity index (χ1n) is 14.8. The van der Waals surface area contributed by atoms with Crippen LogP contribution in [0.15, 0.2) is 35.9 Å². The Bertz CT molecular complexity index is 1170. The molecule has 11 heteroatoms. The van der Waals surface area contributed by atoms with Gasteiger partial charge in [0.25, 0.3) is 0 Å². The zero-order valence-corrected chi connectivity index (χ0v) is 24.6. The van der Waals surface area contributed by atoms with E-state index in [1.807, 2.05) is 0 Å². The van der Waals surface area contributed by atoms with Gasteiger partial charge in [0.15, 0.2) is 5.78 Å². The quantitative estimate of drug-likeness (QED) is 0.172. The van der Waals surface area contributed by atoms with E-state index in [1.165, 1.54) is 14.0 Å². The van der Waals surface area contributed by atoms with Crippen LogP contribution < -0.4 is 20.7 Å². The summed E-state index contributed by atoms with van der Waals surface area (Å²) in [4.78, 5) is 53.1. The normalized spacial score (nSPS) is 26.2. The molecular weight excluding hydrogens is 542 g/mol. The molecule has 2 fully saturated rings. The van der Waals surface area contributed by atoms with Crippen molar-refractivity contribution >= 4 is 23.5 Å². The Morgan fingerprint density at radius 3 is 2.29 bits per heavy atom. The van der Waals surface area contributed by atoms with E-state index in [1.54, 1.807) is 31.2 Å². The lowest BCUT2D eigenvalue weighted by Gasteiger charge is -2.29. The molecule has 1 aromatic carbocycles. The molecule has 3 amide bonds. The maximum Gasteiger partial charge on any atom is 0.246 e. The summed E-state index contributed by atoms with van der Waals surface area (Å²) in [5.74, 6) is -1.70. The second-order valence-electron chi connectivity index (χ2n) is 11.8. The van der Waals surface area contributed by atoms with Crippen molar-refractivity contribution in [3.05, 3.63) is 41.5 Å². The summed E-state index contributed by atoms with van der Waals surface area (Å²) in [6.07, 6.45) is 5.36. The third kappa shape index (κ3) is 7.96. The van der Waals surface area contributed by atoms with Crippen LogP contribution in [0.3, 0.4) is 0 Å². The average molecular weight is 586 g/mol. The van der Waals surface area contributed by atoms with E-state index in [2.05, 4.69) is 22.0 Å². The fourth-order valence-corrected chi connectivity index (χ4v) is 5.57. The molecule has 1 aliphatic heterocycles. The molecular formula is C31H43N3O8. The van der Waals surface area contributed by atoms with E-state index in [4.69, 9.17) is 9.47 Å². The third-order valence-corrected chi connectivity index (χ3v) is 8.51. The van der Waals surface area contributed by atoms with Gasteiger partial charge in [0.1, 0.15) is 29.5 Å². The lowest BCUT2D eigenvalue weighted by atomic mass is 9.87. The van der Waals surface area contributed by atoms with Crippen LogP contribution in [-0.4, -0.2) is 77.3 Å². The molecule has 11 nitrogen and oxygen atoms in total. The first kappa shape index (κ1) is 31.7. The highest BCUT2D eigenvalue weighted by Gasteiger charge is 2.50. The number of ketones is 1. The number of carbonyl (C=O) groups excluding carboxylic acids is 4. The van der Waals surface area contributed by atoms with Gasteiger partial charge in [-0.15, -0.1) is 0 Å². The standard InChI is InChI=1S/C31H43N3O8/c1-18(32-29(39)21-8-12-22(35)13-9-21)28(38)34-25(26(36)20-10-14-23(41-3)15-11-20)30(40)33-24(16-19-6-4-5-7-19)27(37)31(2)17-42-31/h6,10-11,14-15,18,21-22,24-26,35-36H,4-5,7-9,12-13,16-17H2,1-3H3,(H,32,39)(H,33,40)(H,34,38). The number of ether oxygens (including phenoxy) is 2. The number of hydrogen-bond donors (Lipinski definition) is 5. The lowest BCUT2D eigenvalue weighted by Crippen LogP contribution is -2.58. The number of aliphatic hydroxyl groups excluding tert-OH is 2. The number of Topliss-reactive ketones (excluding diaryl/α,β-unsaturated/α-hetero) is 1. The van der Waals surface area contributed by atoms with Gasteiger partial charge in [-0.25, -0.2) is 0 Å². The van der Waals surface area contributed by atoms with Gasteiger partial charge in [-0.05, 0) is 82.9 Å². The Morgan fingerprint density at radius 1 is 1.05 bits per heavy atom. The summed E-state index contributed by atoms with van der Waals surface area (Å²) in [5, 5.41) is 29.1. The van der Waals surface area contributed by atoms with Gasteiger partial charge in [-0.1, -0.05) is 23.8 Å². The van der Waals surface area contributed by atoms with E-state index in [0.29, 0.717) is 43.4 Å². The van der Waals surface area contributed by atoms with Crippen LogP contribution >= 0.6 is 0 Å². The van der Waals surface area contributed by atoms with Crippen LogP contribution in [0.4, 0.5) is 0 Å². The molecule has 5 N–H and O–H groups in total. The molecule has 3 aliphatic rings. The van der Waals surface area contributed by atoms with Crippen molar-refractivity contribution < 1.29 is 38.9 Å². The number of hydrogen-bond acceptors (Lipinski definition) is 8. The van der Waals surface area contributed by atoms with Crippen molar-refractivity contribution in [1.29, 1.82) is 0 Å². The highest BCUT2D eigenvalue weighted by Crippen LogP contribution is 2.32. The Morgan fingerprint density at radius 2 is 1.71 bits per heavy atom. The van der Waals surface area contributed by atoms with Gasteiger partial charge < -0.3 is 35.6 Å². The number of nitrogens with one attached hydrogen (secondary N) is 3. The topological polar surface area (TPSA) is 167 Å². The summed E-state index contributed by atoms with van der Waals surface area (Å²) in [5.41, 5.74) is 0.451. The maximum absolute atomic E-state index is 13.7. The molecule has 42 heavy (non-hydrogen) atoms. The van der Waals surface area contributed by atoms with Gasteiger partial charge in [-0.3, -0.25) is 19.2 Å². The van der Waals surface area contributed by atoms with Gasteiger partial charge in [0, 0.05) is 5.92 Å². The van der Waals surface area contributed by atoms with E-state index in [0.717, 1.165) is 24.8 Å². The number of carbonyl (C=O) groups is 4. The number of allylic oxidation sites excluding steroid dienone is 1. The highest BCUT2D eigenvalue weighted by atomic mass is 16.6. The summed E-state index contributed by atoms with van der Waals surface area (Å²) < 4.78 is 10.6. The fraction of sp³-hybridized carbons (Fsp3) is 0.613. The Balaban J connectivity index is 1.50. The minimum atomic E-state index is -1.46. The SMILES string of the molecule is COc1ccc(C(O)C(NC(=O)C(C)NC(=O)C2CCC(O)CC2)C(=O)NC(CC2=CCCC2)C(=O)C2(C)CO2)cc1. The molecule has 0 radical (unpaired) electrons. The maximum atomic E-state index is 13.7. The number of benzene rings is 1. The van der Waals surface area contributed by atoms with Crippen LogP contribution in [0.1, 0.15) is 76.9 Å². The van der Waals surface area contributed by atoms with E-state index in [-0.39, 0.29) is 24.2 Å². The Labute approximate surface area is 246 Å². The van der Waals surface area contributed by atoms with Crippen molar-refractivity contribution in [2.45, 2.75) is 101 Å². The Kier molecular flexibility index (Phi) is 10.4. The van der Waals surface area contributed by atoms with Crippen LogP contribution in [0.5, 0.6) is 5.75 Å². The number of epoxide rings is 1. The minimum absolute atomic E-state index is 0.258. The van der Waals surface area contributed by atoms with E-state index < -0.39 is 47.7 Å². The molecule has 1 aromatic rings. The molecule has 0 bridgehead atoms. The van der Waals surface area contributed by atoms with Gasteiger partial charge in [0.2, 0.25) is 17.7 Å². The van der Waals surface area contributed by atoms with Crippen molar-refractivity contribution in [2.24, 2.45) is 5.92 Å². The molecule has 1 saturated heterocycles. The summed E-state index contributed by atoms with van der Waals surface area (Å²) in [7, 11) is 1.51. The van der Waals surface area contributed by atoms with Crippen molar-refractivity contribution in [3.63, 3.8) is 0 Å². The number of rotatable bonds is 13. The first-order chi connectivity index (χ1) is 20.0. The molecule has 1 heterocycles. The predicted octanol–water partition coefficient (Wildman–Crippen LogP) is 1.61. The fourth-order valence-electron chi connectivity index (χ4n) is 5.57.